The lowest BCUT2D eigenvalue weighted by Crippen LogP contribution is -2.51. The minimum Gasteiger partial charge on any atom is -0.372 e. The van der Waals surface area contributed by atoms with Gasteiger partial charge in [-0.15, -0.1) is 0 Å². The third-order valence-electron chi connectivity index (χ3n) is 5.64. The first-order chi connectivity index (χ1) is 15.5. The first-order valence-corrected chi connectivity index (χ1v) is 10.6. The summed E-state index contributed by atoms with van der Waals surface area (Å²) in [7, 11) is 0. The molecule has 0 radical (unpaired) electrons. The van der Waals surface area contributed by atoms with E-state index in [0.717, 1.165) is 22.5 Å². The van der Waals surface area contributed by atoms with Gasteiger partial charge in [0.2, 0.25) is 0 Å². The van der Waals surface area contributed by atoms with Crippen LogP contribution in [0.15, 0.2) is 109 Å². The van der Waals surface area contributed by atoms with Gasteiger partial charge in [-0.1, -0.05) is 84.9 Å². The quantitative estimate of drug-likeness (QED) is 0.409. The molecule has 4 heteroatoms. The van der Waals surface area contributed by atoms with Crippen molar-refractivity contribution in [1.29, 1.82) is 0 Å². The van der Waals surface area contributed by atoms with Crippen molar-refractivity contribution in [3.63, 3.8) is 0 Å². The third-order valence-corrected chi connectivity index (χ3v) is 5.64. The molecule has 4 nitrogen and oxygen atoms in total. The average Bonchev–Trinajstić information content (AvgIpc) is 2.83. The van der Waals surface area contributed by atoms with E-state index in [1.54, 1.807) is 17.1 Å². The maximum absolute atomic E-state index is 13.9. The number of benzene rings is 4. The molecular weight excluding hydrogens is 396 g/mol. The van der Waals surface area contributed by atoms with E-state index in [9.17, 15) is 9.90 Å². The Bertz CT molecular complexity index is 1120. The molecule has 0 aliphatic rings. The summed E-state index contributed by atoms with van der Waals surface area (Å²) in [6, 6.07) is 34.0. The van der Waals surface area contributed by atoms with Gasteiger partial charge in [0.1, 0.15) is 0 Å². The zero-order valence-corrected chi connectivity index (χ0v) is 18.2. The SMILES string of the molecule is Cc1ccccc1C(O)(C(=O)NN(c1ccccc1)c1ccccc1)c1ccccc1C. The van der Waals surface area contributed by atoms with E-state index in [1.165, 1.54) is 0 Å². The number of nitrogens with one attached hydrogen (secondary N) is 1. The van der Waals surface area contributed by atoms with Gasteiger partial charge in [-0.2, -0.15) is 0 Å². The van der Waals surface area contributed by atoms with E-state index in [4.69, 9.17) is 0 Å². The fourth-order valence-electron chi connectivity index (χ4n) is 3.96. The minimum atomic E-state index is -1.88. The van der Waals surface area contributed by atoms with Gasteiger partial charge >= 0.3 is 0 Å². The zero-order chi connectivity index (χ0) is 22.6. The van der Waals surface area contributed by atoms with Gasteiger partial charge in [0.15, 0.2) is 5.60 Å². The molecule has 0 aromatic heterocycles. The average molecular weight is 423 g/mol. The minimum absolute atomic E-state index is 0.534. The van der Waals surface area contributed by atoms with E-state index >= 15 is 0 Å². The van der Waals surface area contributed by atoms with Crippen molar-refractivity contribution >= 4 is 17.3 Å². The number of hydrogen-bond acceptors (Lipinski definition) is 3. The van der Waals surface area contributed by atoms with Crippen molar-refractivity contribution in [2.24, 2.45) is 0 Å². The first-order valence-electron chi connectivity index (χ1n) is 10.6. The number of nitrogens with zero attached hydrogens (tertiary/aromatic N) is 1. The summed E-state index contributed by atoms with van der Waals surface area (Å²) in [5.74, 6) is -0.534. The van der Waals surface area contributed by atoms with Crippen LogP contribution in [-0.2, 0) is 10.4 Å². The summed E-state index contributed by atoms with van der Waals surface area (Å²) in [5, 5.41) is 13.8. The summed E-state index contributed by atoms with van der Waals surface area (Å²) in [4.78, 5) is 13.9. The first kappa shape index (κ1) is 21.3. The molecule has 160 valence electrons. The molecule has 0 atom stereocenters. The molecule has 2 N–H and O–H groups in total. The number of carbonyl (C=O) groups excluding carboxylic acids is 1. The molecule has 4 aromatic carbocycles. The Morgan fingerprint density at radius 3 is 1.44 bits per heavy atom. The Morgan fingerprint density at radius 2 is 1.03 bits per heavy atom. The molecule has 0 spiro atoms. The number of hydrazine groups is 1. The lowest BCUT2D eigenvalue weighted by molar-refractivity contribution is -0.136. The second kappa shape index (κ2) is 9.08. The number of para-hydroxylation sites is 2. The van der Waals surface area contributed by atoms with Gasteiger partial charge in [0.05, 0.1) is 11.4 Å². The standard InChI is InChI=1S/C28H26N2O2/c1-21-13-9-11-19-25(21)28(32,26-20-12-10-14-22(26)2)27(31)29-30(23-15-5-3-6-16-23)24-17-7-4-8-18-24/h3-20,32H,1-2H3,(H,29,31). The van der Waals surface area contributed by atoms with Gasteiger partial charge in [-0.3, -0.25) is 15.2 Å². The molecule has 0 bridgehead atoms. The van der Waals surface area contributed by atoms with Crippen LogP contribution in [0.2, 0.25) is 0 Å². The van der Waals surface area contributed by atoms with E-state index in [0.29, 0.717) is 11.1 Å². The van der Waals surface area contributed by atoms with Crippen molar-refractivity contribution < 1.29 is 9.90 Å². The Kier molecular flexibility index (Phi) is 6.06. The van der Waals surface area contributed by atoms with Crippen molar-refractivity contribution in [2.45, 2.75) is 19.4 Å². The summed E-state index contributed by atoms with van der Waals surface area (Å²) >= 11 is 0. The number of rotatable bonds is 6. The smallest absolute Gasteiger partial charge is 0.280 e. The van der Waals surface area contributed by atoms with Gasteiger partial charge < -0.3 is 5.11 Å². The Morgan fingerprint density at radius 1 is 0.656 bits per heavy atom. The molecule has 0 heterocycles. The normalized spacial score (nSPS) is 11.1. The lowest BCUT2D eigenvalue weighted by Gasteiger charge is -2.34. The van der Waals surface area contributed by atoms with Crippen LogP contribution in [0.1, 0.15) is 22.3 Å². The second-order valence-electron chi connectivity index (χ2n) is 7.79. The van der Waals surface area contributed by atoms with Crippen LogP contribution in [0.3, 0.4) is 0 Å². The zero-order valence-electron chi connectivity index (χ0n) is 18.2. The number of amides is 1. The monoisotopic (exact) mass is 422 g/mol. The van der Waals surface area contributed by atoms with Crippen LogP contribution < -0.4 is 10.4 Å². The molecule has 0 saturated carbocycles. The van der Waals surface area contributed by atoms with E-state index in [-0.39, 0.29) is 0 Å². The van der Waals surface area contributed by atoms with Crippen LogP contribution in [0.5, 0.6) is 0 Å². The Balaban J connectivity index is 1.84. The molecular formula is C28H26N2O2. The van der Waals surface area contributed by atoms with Crippen LogP contribution in [0, 0.1) is 13.8 Å². The molecule has 0 unspecified atom stereocenters. The van der Waals surface area contributed by atoms with Crippen molar-refractivity contribution in [1.82, 2.24) is 5.43 Å². The highest BCUT2D eigenvalue weighted by atomic mass is 16.3. The van der Waals surface area contributed by atoms with E-state index < -0.39 is 11.5 Å². The van der Waals surface area contributed by atoms with Gasteiger partial charge in [-0.25, -0.2) is 0 Å². The van der Waals surface area contributed by atoms with Crippen LogP contribution in [0.25, 0.3) is 0 Å². The molecule has 1 amide bonds. The number of aryl methyl sites for hydroxylation is 2. The summed E-state index contributed by atoms with van der Waals surface area (Å²) < 4.78 is 0. The fraction of sp³-hybridized carbons (Fsp3) is 0.107. The van der Waals surface area contributed by atoms with Gasteiger partial charge in [0.25, 0.3) is 5.91 Å². The van der Waals surface area contributed by atoms with Crippen LogP contribution in [0.4, 0.5) is 11.4 Å². The summed E-state index contributed by atoms with van der Waals surface area (Å²) in [6.07, 6.45) is 0. The summed E-state index contributed by atoms with van der Waals surface area (Å²) in [5.41, 5.74) is 5.44. The maximum atomic E-state index is 13.9. The third kappa shape index (κ3) is 4.01. The van der Waals surface area contributed by atoms with Crippen LogP contribution >= 0.6 is 0 Å². The van der Waals surface area contributed by atoms with Crippen molar-refractivity contribution in [3.05, 3.63) is 131 Å². The molecule has 0 fully saturated rings. The predicted octanol–water partition coefficient (Wildman–Crippen LogP) is 5.41. The molecule has 4 rings (SSSR count). The highest BCUT2D eigenvalue weighted by molar-refractivity contribution is 5.93. The van der Waals surface area contributed by atoms with Crippen molar-refractivity contribution in [2.75, 3.05) is 5.01 Å². The largest absolute Gasteiger partial charge is 0.372 e. The number of aliphatic hydroxyl groups is 1. The maximum Gasteiger partial charge on any atom is 0.280 e. The number of anilines is 2. The highest BCUT2D eigenvalue weighted by Gasteiger charge is 2.43. The predicted molar refractivity (Wildman–Crippen MR) is 129 cm³/mol. The molecule has 0 saturated heterocycles. The number of carbonyl (C=O) groups is 1. The Hall–Kier alpha value is -3.89. The van der Waals surface area contributed by atoms with Gasteiger partial charge in [0, 0.05) is 11.1 Å². The fourth-order valence-corrected chi connectivity index (χ4v) is 3.96. The molecule has 0 aliphatic heterocycles. The van der Waals surface area contributed by atoms with E-state index in [2.05, 4.69) is 5.43 Å². The van der Waals surface area contributed by atoms with Gasteiger partial charge in [-0.05, 0) is 49.2 Å². The Labute approximate surface area is 188 Å². The molecule has 4 aromatic rings. The second-order valence-corrected chi connectivity index (χ2v) is 7.79. The highest BCUT2D eigenvalue weighted by Crippen LogP contribution is 2.35. The topological polar surface area (TPSA) is 52.6 Å². The summed E-state index contributed by atoms with van der Waals surface area (Å²) in [6.45, 7) is 3.80. The van der Waals surface area contributed by atoms with E-state index in [1.807, 2.05) is 111 Å². The molecule has 32 heavy (non-hydrogen) atoms. The molecule has 0 aliphatic carbocycles. The van der Waals surface area contributed by atoms with Crippen LogP contribution in [-0.4, -0.2) is 11.0 Å². The lowest BCUT2D eigenvalue weighted by atomic mass is 9.81. The van der Waals surface area contributed by atoms with Crippen molar-refractivity contribution in [3.8, 4) is 0 Å². The number of hydrogen-bond donors (Lipinski definition) is 2.